The van der Waals surface area contributed by atoms with Crippen molar-refractivity contribution in [2.75, 3.05) is 44.3 Å². The van der Waals surface area contributed by atoms with Gasteiger partial charge in [0.1, 0.15) is 4.83 Å². The fourth-order valence-electron chi connectivity index (χ4n) is 3.81. The Labute approximate surface area is 189 Å². The number of fused-ring (bicyclic) bond motifs is 1. The van der Waals surface area contributed by atoms with E-state index in [1.54, 1.807) is 4.57 Å². The highest BCUT2D eigenvalue weighted by atomic mass is 35.5. The molecule has 0 saturated carbocycles. The second-order valence-electron chi connectivity index (χ2n) is 7.44. The van der Waals surface area contributed by atoms with Crippen molar-refractivity contribution in [3.05, 3.63) is 56.4 Å². The Morgan fingerprint density at radius 2 is 2.03 bits per heavy atom. The van der Waals surface area contributed by atoms with E-state index >= 15 is 0 Å². The van der Waals surface area contributed by atoms with Crippen LogP contribution in [0, 0.1) is 6.92 Å². The standard InChI is InChI=1S/C22H25ClN4O3S/c1-3-30-12-11-27-14-24-20-18(21(27)28)15(2)19(31-20)22(29)26-9-7-25(8-10-26)17-6-4-5-16(23)13-17/h4-6,13-14H,3,7-12H2,1-2H3. The van der Waals surface area contributed by atoms with E-state index in [1.807, 2.05) is 43.0 Å². The van der Waals surface area contributed by atoms with Crippen LogP contribution in [0.3, 0.4) is 0 Å². The van der Waals surface area contributed by atoms with Crippen LogP contribution in [-0.2, 0) is 11.3 Å². The zero-order valence-corrected chi connectivity index (χ0v) is 19.2. The van der Waals surface area contributed by atoms with Crippen molar-refractivity contribution < 1.29 is 9.53 Å². The molecule has 9 heteroatoms. The molecule has 1 aliphatic heterocycles. The minimum absolute atomic E-state index is 0.0356. The summed E-state index contributed by atoms with van der Waals surface area (Å²) in [6.07, 6.45) is 1.54. The fourth-order valence-corrected chi connectivity index (χ4v) is 5.11. The Morgan fingerprint density at radius 3 is 2.74 bits per heavy atom. The molecule has 0 spiro atoms. The van der Waals surface area contributed by atoms with Gasteiger partial charge in [0.25, 0.3) is 11.5 Å². The zero-order chi connectivity index (χ0) is 22.0. The molecule has 0 bridgehead atoms. The van der Waals surface area contributed by atoms with Gasteiger partial charge in [-0.3, -0.25) is 14.2 Å². The Morgan fingerprint density at radius 1 is 1.26 bits per heavy atom. The van der Waals surface area contributed by atoms with Crippen LogP contribution >= 0.6 is 22.9 Å². The van der Waals surface area contributed by atoms with Gasteiger partial charge in [-0.25, -0.2) is 4.98 Å². The van der Waals surface area contributed by atoms with Crippen molar-refractivity contribution in [2.24, 2.45) is 0 Å². The number of carbonyl (C=O) groups excluding carboxylic acids is 1. The first-order chi connectivity index (χ1) is 15.0. The van der Waals surface area contributed by atoms with Gasteiger partial charge in [0.2, 0.25) is 0 Å². The highest BCUT2D eigenvalue weighted by molar-refractivity contribution is 7.20. The van der Waals surface area contributed by atoms with E-state index in [2.05, 4.69) is 9.88 Å². The molecule has 3 heterocycles. The summed E-state index contributed by atoms with van der Waals surface area (Å²) in [4.78, 5) is 35.9. The maximum absolute atomic E-state index is 13.2. The summed E-state index contributed by atoms with van der Waals surface area (Å²) < 4.78 is 6.90. The van der Waals surface area contributed by atoms with Gasteiger partial charge in [-0.15, -0.1) is 11.3 Å². The summed E-state index contributed by atoms with van der Waals surface area (Å²) >= 11 is 7.41. The van der Waals surface area contributed by atoms with Crippen molar-refractivity contribution in [3.63, 3.8) is 0 Å². The van der Waals surface area contributed by atoms with Crippen LogP contribution < -0.4 is 10.5 Å². The molecule has 4 rings (SSSR count). The monoisotopic (exact) mass is 460 g/mol. The molecular weight excluding hydrogens is 436 g/mol. The summed E-state index contributed by atoms with van der Waals surface area (Å²) in [5.74, 6) is -0.0356. The highest BCUT2D eigenvalue weighted by Gasteiger charge is 2.27. The van der Waals surface area contributed by atoms with Gasteiger partial charge in [0.15, 0.2) is 0 Å². The van der Waals surface area contributed by atoms with E-state index in [0.29, 0.717) is 58.5 Å². The smallest absolute Gasteiger partial charge is 0.264 e. The molecule has 1 amide bonds. The van der Waals surface area contributed by atoms with Crippen molar-refractivity contribution in [1.29, 1.82) is 0 Å². The highest BCUT2D eigenvalue weighted by Crippen LogP contribution is 2.29. The largest absolute Gasteiger partial charge is 0.380 e. The van der Waals surface area contributed by atoms with Crippen LogP contribution in [0.1, 0.15) is 22.2 Å². The minimum Gasteiger partial charge on any atom is -0.380 e. The van der Waals surface area contributed by atoms with Gasteiger partial charge in [0, 0.05) is 43.5 Å². The van der Waals surface area contributed by atoms with E-state index < -0.39 is 0 Å². The van der Waals surface area contributed by atoms with Crippen LogP contribution in [0.5, 0.6) is 0 Å². The minimum atomic E-state index is -0.122. The second-order valence-corrected chi connectivity index (χ2v) is 8.87. The number of hydrogen-bond donors (Lipinski definition) is 0. The molecule has 2 aromatic heterocycles. The first-order valence-electron chi connectivity index (χ1n) is 10.4. The number of nitrogens with zero attached hydrogens (tertiary/aromatic N) is 4. The van der Waals surface area contributed by atoms with Crippen LogP contribution in [0.25, 0.3) is 10.2 Å². The molecule has 0 aliphatic carbocycles. The molecule has 0 unspecified atom stereocenters. The number of amides is 1. The number of aromatic nitrogens is 2. The molecule has 164 valence electrons. The van der Waals surface area contributed by atoms with E-state index in [1.165, 1.54) is 17.7 Å². The Bertz CT molecular complexity index is 1150. The molecule has 1 aliphatic rings. The summed E-state index contributed by atoms with van der Waals surface area (Å²) in [5, 5.41) is 1.24. The Hall–Kier alpha value is -2.42. The molecule has 1 saturated heterocycles. The molecule has 31 heavy (non-hydrogen) atoms. The van der Waals surface area contributed by atoms with E-state index in [-0.39, 0.29) is 11.5 Å². The van der Waals surface area contributed by atoms with Crippen LogP contribution in [-0.4, -0.2) is 59.8 Å². The number of ether oxygens (including phenoxy) is 1. The van der Waals surface area contributed by atoms with Crippen molar-refractivity contribution >= 4 is 44.7 Å². The van der Waals surface area contributed by atoms with Crippen LogP contribution in [0.15, 0.2) is 35.4 Å². The van der Waals surface area contributed by atoms with Crippen molar-refractivity contribution in [1.82, 2.24) is 14.5 Å². The lowest BCUT2D eigenvalue weighted by molar-refractivity contribution is 0.0751. The van der Waals surface area contributed by atoms with Crippen LogP contribution in [0.2, 0.25) is 5.02 Å². The second kappa shape index (κ2) is 9.38. The molecule has 0 N–H and O–H groups in total. The Balaban J connectivity index is 1.51. The number of thiophene rings is 1. The molecule has 0 atom stereocenters. The number of piperazine rings is 1. The average molecular weight is 461 g/mol. The third kappa shape index (κ3) is 4.46. The lowest BCUT2D eigenvalue weighted by Crippen LogP contribution is -2.48. The topological polar surface area (TPSA) is 67.7 Å². The average Bonchev–Trinajstić information content (AvgIpc) is 3.12. The number of anilines is 1. The molecule has 0 radical (unpaired) electrons. The first kappa shape index (κ1) is 21.8. The molecule has 7 nitrogen and oxygen atoms in total. The molecular formula is C22H25ClN4O3S. The van der Waals surface area contributed by atoms with E-state index in [9.17, 15) is 9.59 Å². The predicted molar refractivity (Wildman–Crippen MR) is 125 cm³/mol. The van der Waals surface area contributed by atoms with Gasteiger partial charge < -0.3 is 14.5 Å². The zero-order valence-electron chi connectivity index (χ0n) is 17.6. The summed E-state index contributed by atoms with van der Waals surface area (Å²) in [7, 11) is 0. The number of carbonyl (C=O) groups is 1. The summed E-state index contributed by atoms with van der Waals surface area (Å²) in [5.41, 5.74) is 1.66. The summed E-state index contributed by atoms with van der Waals surface area (Å²) in [6, 6.07) is 7.76. The van der Waals surface area contributed by atoms with Gasteiger partial charge in [0.05, 0.1) is 29.7 Å². The summed E-state index contributed by atoms with van der Waals surface area (Å²) in [6.45, 7) is 7.96. The number of aryl methyl sites for hydroxylation is 1. The van der Waals surface area contributed by atoms with Gasteiger partial charge in [-0.1, -0.05) is 17.7 Å². The molecule has 3 aromatic rings. The Kier molecular flexibility index (Phi) is 6.60. The third-order valence-corrected chi connectivity index (χ3v) is 6.96. The maximum atomic E-state index is 13.2. The SMILES string of the molecule is CCOCCn1cnc2sc(C(=O)N3CCN(c4cccc(Cl)c4)CC3)c(C)c2c1=O. The number of benzene rings is 1. The quantitative estimate of drug-likeness (QED) is 0.527. The maximum Gasteiger partial charge on any atom is 0.264 e. The first-order valence-corrected chi connectivity index (χ1v) is 11.5. The molecule has 1 aromatic carbocycles. The van der Waals surface area contributed by atoms with Crippen molar-refractivity contribution in [3.8, 4) is 0 Å². The lowest BCUT2D eigenvalue weighted by Gasteiger charge is -2.36. The third-order valence-electron chi connectivity index (χ3n) is 5.53. The number of halogens is 1. The van der Waals surface area contributed by atoms with Gasteiger partial charge >= 0.3 is 0 Å². The van der Waals surface area contributed by atoms with Crippen LogP contribution in [0.4, 0.5) is 5.69 Å². The lowest BCUT2D eigenvalue weighted by atomic mass is 10.2. The van der Waals surface area contributed by atoms with E-state index in [0.717, 1.165) is 18.8 Å². The van der Waals surface area contributed by atoms with Crippen molar-refractivity contribution in [2.45, 2.75) is 20.4 Å². The van der Waals surface area contributed by atoms with Gasteiger partial charge in [-0.05, 0) is 37.6 Å². The predicted octanol–water partition coefficient (Wildman–Crippen LogP) is 3.42. The number of rotatable bonds is 6. The fraction of sp³-hybridized carbons (Fsp3) is 0.409. The normalized spacial score (nSPS) is 14.4. The van der Waals surface area contributed by atoms with Gasteiger partial charge in [-0.2, -0.15) is 0 Å². The van der Waals surface area contributed by atoms with E-state index in [4.69, 9.17) is 16.3 Å². The number of hydrogen-bond acceptors (Lipinski definition) is 6. The molecule has 1 fully saturated rings.